The van der Waals surface area contributed by atoms with Gasteiger partial charge < -0.3 is 20.3 Å². The molecule has 0 aromatic heterocycles. The van der Waals surface area contributed by atoms with Crippen molar-refractivity contribution < 1.29 is 9.53 Å². The van der Waals surface area contributed by atoms with Crippen LogP contribution in [0.4, 0.5) is 5.69 Å². The lowest BCUT2D eigenvalue weighted by atomic mass is 10.1. The van der Waals surface area contributed by atoms with E-state index < -0.39 is 0 Å². The maximum Gasteiger partial charge on any atom is 0.242 e. The quantitative estimate of drug-likeness (QED) is 0.770. The second-order valence-electron chi connectivity index (χ2n) is 5.44. The highest BCUT2D eigenvalue weighted by atomic mass is 16.5. The van der Waals surface area contributed by atoms with Gasteiger partial charge in [0.05, 0.1) is 6.61 Å². The largest absolute Gasteiger partial charge is 0.383 e. The number of methoxy groups -OCH3 is 1. The average molecular weight is 291 g/mol. The molecule has 1 saturated heterocycles. The molecule has 116 valence electrons. The molecule has 0 aliphatic carbocycles. The normalized spacial score (nSPS) is 18.7. The lowest BCUT2D eigenvalue weighted by molar-refractivity contribution is -0.122. The Hall–Kier alpha value is -1.59. The van der Waals surface area contributed by atoms with E-state index in [0.717, 1.165) is 31.9 Å². The Morgan fingerprint density at radius 3 is 3.00 bits per heavy atom. The Bertz CT molecular complexity index is 490. The molecule has 1 aliphatic rings. The molecule has 1 aromatic rings. The van der Waals surface area contributed by atoms with Crippen LogP contribution in [0.15, 0.2) is 18.2 Å². The van der Waals surface area contributed by atoms with Gasteiger partial charge in [-0.05, 0) is 37.1 Å². The smallest absolute Gasteiger partial charge is 0.242 e. The lowest BCUT2D eigenvalue weighted by Gasteiger charge is -2.35. The van der Waals surface area contributed by atoms with Crippen molar-refractivity contribution in [2.75, 3.05) is 38.3 Å². The summed E-state index contributed by atoms with van der Waals surface area (Å²) in [5.74, 6) is 0.101. The molecule has 1 unspecified atom stereocenters. The Labute approximate surface area is 126 Å². The lowest BCUT2D eigenvalue weighted by Crippen LogP contribution is -2.54. The third kappa shape index (κ3) is 3.95. The van der Waals surface area contributed by atoms with Crippen LogP contribution in [-0.2, 0) is 16.1 Å². The van der Waals surface area contributed by atoms with Crippen molar-refractivity contribution in [1.29, 1.82) is 0 Å². The Morgan fingerprint density at radius 1 is 1.48 bits per heavy atom. The molecule has 0 spiro atoms. The van der Waals surface area contributed by atoms with Gasteiger partial charge in [0.25, 0.3) is 0 Å². The molecule has 1 aromatic carbocycles. The van der Waals surface area contributed by atoms with E-state index in [1.807, 2.05) is 6.92 Å². The maximum atomic E-state index is 11.8. The molecule has 0 saturated carbocycles. The first kappa shape index (κ1) is 15.8. The SMILES string of the molecule is COCCNCc1ccc(N2CCNC(=O)C2C)cc1C. The van der Waals surface area contributed by atoms with E-state index in [9.17, 15) is 4.79 Å². The van der Waals surface area contributed by atoms with Crippen LogP contribution in [0.25, 0.3) is 0 Å². The molecule has 1 amide bonds. The fourth-order valence-corrected chi connectivity index (χ4v) is 2.59. The Balaban J connectivity index is 2.02. The van der Waals surface area contributed by atoms with Crippen LogP contribution in [0.3, 0.4) is 0 Å². The third-order valence-corrected chi connectivity index (χ3v) is 3.96. The van der Waals surface area contributed by atoms with Gasteiger partial charge in [0.15, 0.2) is 0 Å². The highest BCUT2D eigenvalue weighted by molar-refractivity contribution is 5.86. The molecule has 5 heteroatoms. The number of benzene rings is 1. The predicted molar refractivity (Wildman–Crippen MR) is 84.6 cm³/mol. The summed E-state index contributed by atoms with van der Waals surface area (Å²) in [6, 6.07) is 6.31. The molecule has 0 radical (unpaired) electrons. The number of piperazine rings is 1. The first-order valence-electron chi connectivity index (χ1n) is 7.47. The minimum atomic E-state index is -0.108. The van der Waals surface area contributed by atoms with Crippen molar-refractivity contribution in [1.82, 2.24) is 10.6 Å². The molecule has 1 fully saturated rings. The van der Waals surface area contributed by atoms with Gasteiger partial charge >= 0.3 is 0 Å². The average Bonchev–Trinajstić information content (AvgIpc) is 2.48. The first-order valence-corrected chi connectivity index (χ1v) is 7.47. The zero-order valence-electron chi connectivity index (χ0n) is 13.1. The number of nitrogens with one attached hydrogen (secondary N) is 2. The second-order valence-corrected chi connectivity index (χ2v) is 5.44. The Morgan fingerprint density at radius 2 is 2.29 bits per heavy atom. The van der Waals surface area contributed by atoms with Gasteiger partial charge in [-0.15, -0.1) is 0 Å². The standard InChI is InChI=1S/C16H25N3O2/c1-12-10-15(19-8-6-18-16(20)13(19)2)5-4-14(12)11-17-7-9-21-3/h4-5,10,13,17H,6-9,11H2,1-3H3,(H,18,20). The molecular formula is C16H25N3O2. The van der Waals surface area contributed by atoms with Crippen molar-refractivity contribution >= 4 is 11.6 Å². The minimum Gasteiger partial charge on any atom is -0.383 e. The molecule has 1 heterocycles. The van der Waals surface area contributed by atoms with Crippen molar-refractivity contribution in [2.45, 2.75) is 26.4 Å². The fourth-order valence-electron chi connectivity index (χ4n) is 2.59. The number of carbonyl (C=O) groups excluding carboxylic acids is 1. The van der Waals surface area contributed by atoms with E-state index >= 15 is 0 Å². The van der Waals surface area contributed by atoms with Gasteiger partial charge in [-0.1, -0.05) is 6.07 Å². The van der Waals surface area contributed by atoms with Crippen LogP contribution in [0.1, 0.15) is 18.1 Å². The minimum absolute atomic E-state index is 0.101. The van der Waals surface area contributed by atoms with Crippen LogP contribution in [-0.4, -0.2) is 45.3 Å². The summed E-state index contributed by atoms with van der Waals surface area (Å²) in [7, 11) is 1.71. The summed E-state index contributed by atoms with van der Waals surface area (Å²) in [6.07, 6.45) is 0. The van der Waals surface area contributed by atoms with E-state index in [0.29, 0.717) is 6.54 Å². The zero-order chi connectivity index (χ0) is 15.2. The van der Waals surface area contributed by atoms with E-state index in [2.05, 4.69) is 40.7 Å². The molecule has 1 aliphatic heterocycles. The molecule has 2 rings (SSSR count). The third-order valence-electron chi connectivity index (χ3n) is 3.96. The summed E-state index contributed by atoms with van der Waals surface area (Å²) >= 11 is 0. The number of nitrogens with zero attached hydrogens (tertiary/aromatic N) is 1. The zero-order valence-corrected chi connectivity index (χ0v) is 13.1. The monoisotopic (exact) mass is 291 g/mol. The van der Waals surface area contributed by atoms with Crippen LogP contribution in [0.2, 0.25) is 0 Å². The number of carbonyl (C=O) groups is 1. The van der Waals surface area contributed by atoms with E-state index in [1.54, 1.807) is 7.11 Å². The van der Waals surface area contributed by atoms with Crippen LogP contribution in [0, 0.1) is 6.92 Å². The second kappa shape index (κ2) is 7.43. The van der Waals surface area contributed by atoms with Gasteiger partial charge in [0, 0.05) is 39.0 Å². The molecule has 5 nitrogen and oxygen atoms in total. The summed E-state index contributed by atoms with van der Waals surface area (Å²) in [5, 5.41) is 6.25. The summed E-state index contributed by atoms with van der Waals surface area (Å²) in [4.78, 5) is 13.9. The highest BCUT2D eigenvalue weighted by Gasteiger charge is 2.25. The number of hydrogen-bond donors (Lipinski definition) is 2. The number of rotatable bonds is 6. The highest BCUT2D eigenvalue weighted by Crippen LogP contribution is 2.22. The maximum absolute atomic E-state index is 11.8. The van der Waals surface area contributed by atoms with Gasteiger partial charge in [0.2, 0.25) is 5.91 Å². The van der Waals surface area contributed by atoms with E-state index in [-0.39, 0.29) is 11.9 Å². The predicted octanol–water partition coefficient (Wildman–Crippen LogP) is 1.06. The summed E-state index contributed by atoms with van der Waals surface area (Å²) in [6.45, 7) is 8.04. The van der Waals surface area contributed by atoms with Gasteiger partial charge in [-0.25, -0.2) is 0 Å². The Kier molecular flexibility index (Phi) is 5.59. The van der Waals surface area contributed by atoms with Gasteiger partial charge in [0.1, 0.15) is 6.04 Å². The van der Waals surface area contributed by atoms with Gasteiger partial charge in [-0.2, -0.15) is 0 Å². The van der Waals surface area contributed by atoms with E-state index in [4.69, 9.17) is 4.74 Å². The summed E-state index contributed by atoms with van der Waals surface area (Å²) < 4.78 is 5.02. The van der Waals surface area contributed by atoms with Crippen LogP contribution in [0.5, 0.6) is 0 Å². The number of hydrogen-bond acceptors (Lipinski definition) is 4. The fraction of sp³-hybridized carbons (Fsp3) is 0.562. The topological polar surface area (TPSA) is 53.6 Å². The van der Waals surface area contributed by atoms with Crippen molar-refractivity contribution in [3.63, 3.8) is 0 Å². The van der Waals surface area contributed by atoms with Crippen LogP contribution >= 0.6 is 0 Å². The molecule has 21 heavy (non-hydrogen) atoms. The number of ether oxygens (including phenoxy) is 1. The molecular weight excluding hydrogens is 266 g/mol. The first-order chi connectivity index (χ1) is 10.1. The van der Waals surface area contributed by atoms with Crippen molar-refractivity contribution in [3.8, 4) is 0 Å². The molecule has 2 N–H and O–H groups in total. The van der Waals surface area contributed by atoms with E-state index in [1.165, 1.54) is 11.1 Å². The number of anilines is 1. The summed E-state index contributed by atoms with van der Waals surface area (Å²) in [5.41, 5.74) is 3.65. The van der Waals surface area contributed by atoms with Crippen molar-refractivity contribution in [3.05, 3.63) is 29.3 Å². The molecule has 1 atom stereocenters. The van der Waals surface area contributed by atoms with Crippen molar-refractivity contribution in [2.24, 2.45) is 0 Å². The van der Waals surface area contributed by atoms with Crippen LogP contribution < -0.4 is 15.5 Å². The van der Waals surface area contributed by atoms with Gasteiger partial charge in [-0.3, -0.25) is 4.79 Å². The molecule has 0 bridgehead atoms. The number of amides is 1. The number of aryl methyl sites for hydroxylation is 1.